The van der Waals surface area contributed by atoms with Crippen LogP contribution in [-0.2, 0) is 10.2 Å². The highest BCUT2D eigenvalue weighted by Gasteiger charge is 2.86. The van der Waals surface area contributed by atoms with Crippen molar-refractivity contribution in [2.24, 2.45) is 29.4 Å². The monoisotopic (exact) mass is 432 g/mol. The summed E-state index contributed by atoms with van der Waals surface area (Å²) in [5.74, 6) is -0.148. The lowest BCUT2D eigenvalue weighted by Crippen LogP contribution is -2.47. The molecule has 4 unspecified atom stereocenters. The van der Waals surface area contributed by atoms with E-state index in [1.807, 2.05) is 0 Å². The first-order valence-electron chi connectivity index (χ1n) is 10.4. The summed E-state index contributed by atoms with van der Waals surface area (Å²) in [5, 5.41) is 8.58. The predicted molar refractivity (Wildman–Crippen MR) is 102 cm³/mol. The third-order valence-corrected chi connectivity index (χ3v) is 7.97. The van der Waals surface area contributed by atoms with Gasteiger partial charge >= 0.3 is 0 Å². The fraction of sp³-hybridized carbons (Fsp3) is 0.500. The van der Waals surface area contributed by atoms with Gasteiger partial charge in [-0.15, -0.1) is 0 Å². The average molecular weight is 432 g/mol. The first-order valence-corrected chi connectivity index (χ1v) is 10.4. The molecule has 0 saturated heterocycles. The molecule has 0 bridgehead atoms. The highest BCUT2D eigenvalue weighted by Crippen LogP contribution is 2.87. The summed E-state index contributed by atoms with van der Waals surface area (Å²) in [6, 6.07) is 5.38. The zero-order valence-corrected chi connectivity index (χ0v) is 16.4. The molecule has 1 heterocycles. The van der Waals surface area contributed by atoms with E-state index in [-0.39, 0.29) is 30.3 Å². The largest absolute Gasteiger partial charge is 0.369 e. The van der Waals surface area contributed by atoms with Crippen molar-refractivity contribution in [1.29, 1.82) is 0 Å². The summed E-state index contributed by atoms with van der Waals surface area (Å²) in [4.78, 5) is 12.9. The van der Waals surface area contributed by atoms with Crippen molar-refractivity contribution >= 4 is 5.91 Å². The minimum absolute atomic E-state index is 0.144. The van der Waals surface area contributed by atoms with Crippen LogP contribution in [0.4, 0.5) is 17.6 Å². The molecule has 4 aliphatic rings. The quantitative estimate of drug-likeness (QED) is 0.683. The van der Waals surface area contributed by atoms with E-state index in [2.05, 4.69) is 10.2 Å². The SMILES string of the molecule is NC(=O)CN(CC(F)F)C[C@]12c3nnc(-c4c(F)cccc4F)cc3[C@H]3CC4C3C1C42. The van der Waals surface area contributed by atoms with E-state index in [0.717, 1.165) is 17.7 Å². The van der Waals surface area contributed by atoms with Gasteiger partial charge in [0.25, 0.3) is 6.43 Å². The molecule has 3 fully saturated rings. The Kier molecular flexibility index (Phi) is 3.86. The molecule has 5 nitrogen and oxygen atoms in total. The molecule has 9 heteroatoms. The van der Waals surface area contributed by atoms with E-state index in [1.165, 1.54) is 23.1 Å². The molecule has 6 rings (SSSR count). The molecule has 4 aliphatic carbocycles. The molecule has 162 valence electrons. The van der Waals surface area contributed by atoms with Gasteiger partial charge in [-0.3, -0.25) is 9.69 Å². The van der Waals surface area contributed by atoms with Gasteiger partial charge in [0.05, 0.1) is 30.0 Å². The Morgan fingerprint density at radius 3 is 2.65 bits per heavy atom. The Labute approximate surface area is 175 Å². The number of alkyl halides is 2. The van der Waals surface area contributed by atoms with E-state index < -0.39 is 35.9 Å². The van der Waals surface area contributed by atoms with Crippen LogP contribution in [-0.4, -0.2) is 47.1 Å². The summed E-state index contributed by atoms with van der Waals surface area (Å²) in [5.41, 5.74) is 6.46. The van der Waals surface area contributed by atoms with Crippen molar-refractivity contribution in [1.82, 2.24) is 15.1 Å². The van der Waals surface area contributed by atoms with Crippen molar-refractivity contribution in [2.75, 3.05) is 19.6 Å². The fourth-order valence-corrected chi connectivity index (χ4v) is 7.02. The number of hydrogen-bond acceptors (Lipinski definition) is 4. The van der Waals surface area contributed by atoms with Gasteiger partial charge in [-0.2, -0.15) is 10.2 Å². The molecule has 0 aliphatic heterocycles. The van der Waals surface area contributed by atoms with Crippen LogP contribution in [0, 0.1) is 35.3 Å². The first-order chi connectivity index (χ1) is 14.8. The van der Waals surface area contributed by atoms with E-state index in [4.69, 9.17) is 5.73 Å². The van der Waals surface area contributed by atoms with E-state index in [0.29, 0.717) is 23.7 Å². The standard InChI is InChI=1S/C22H20F4N4O/c23-12-2-1-3-13(24)18(12)14-5-10-9-4-11-17(9)20-19(11)22(20,21(10)29-28-14)8-30(6-15(25)26)7-16(27)31/h1-3,5,9,11,15,17,19-20H,4,6-8H2,(H2,27,31)/t9-,11?,17?,19?,20?,22-/m1/s1. The van der Waals surface area contributed by atoms with Gasteiger partial charge < -0.3 is 5.73 Å². The van der Waals surface area contributed by atoms with Crippen molar-refractivity contribution in [3.63, 3.8) is 0 Å². The molecule has 2 aromatic rings. The normalized spacial score (nSPS) is 33.4. The fourth-order valence-electron chi connectivity index (χ4n) is 7.02. The number of hydrogen-bond donors (Lipinski definition) is 1. The molecule has 31 heavy (non-hydrogen) atoms. The molecule has 0 radical (unpaired) electrons. The number of primary amides is 1. The number of fused-ring (bicyclic) bond motifs is 5. The second-order valence-electron chi connectivity index (χ2n) is 9.33. The zero-order valence-electron chi connectivity index (χ0n) is 16.4. The van der Waals surface area contributed by atoms with Gasteiger partial charge in [0.15, 0.2) is 0 Å². The van der Waals surface area contributed by atoms with Crippen molar-refractivity contribution in [2.45, 2.75) is 24.2 Å². The number of amides is 1. The second kappa shape index (κ2) is 6.25. The minimum Gasteiger partial charge on any atom is -0.369 e. The van der Waals surface area contributed by atoms with Gasteiger partial charge in [-0.1, -0.05) is 6.07 Å². The number of nitrogens with two attached hydrogens (primary N) is 1. The summed E-state index contributed by atoms with van der Waals surface area (Å²) < 4.78 is 54.9. The van der Waals surface area contributed by atoms with Crippen LogP contribution < -0.4 is 5.73 Å². The predicted octanol–water partition coefficient (Wildman–Crippen LogP) is 2.70. The molecule has 2 N–H and O–H groups in total. The van der Waals surface area contributed by atoms with Crippen LogP contribution >= 0.6 is 0 Å². The summed E-state index contributed by atoms with van der Waals surface area (Å²) >= 11 is 0. The highest BCUT2D eigenvalue weighted by molar-refractivity contribution is 5.76. The number of benzene rings is 1. The smallest absolute Gasteiger partial charge is 0.251 e. The number of nitrogens with zero attached hydrogens (tertiary/aromatic N) is 3. The van der Waals surface area contributed by atoms with E-state index >= 15 is 0 Å². The number of carbonyl (C=O) groups excluding carboxylic acids is 1. The third-order valence-electron chi connectivity index (χ3n) is 7.97. The molecule has 6 atom stereocenters. The highest BCUT2D eigenvalue weighted by atomic mass is 19.3. The van der Waals surface area contributed by atoms with Crippen molar-refractivity contribution < 1.29 is 22.4 Å². The maximum Gasteiger partial charge on any atom is 0.251 e. The van der Waals surface area contributed by atoms with Crippen LogP contribution in [0.2, 0.25) is 0 Å². The topological polar surface area (TPSA) is 72.1 Å². The van der Waals surface area contributed by atoms with Crippen LogP contribution in [0.5, 0.6) is 0 Å². The zero-order chi connectivity index (χ0) is 21.7. The maximum absolute atomic E-state index is 14.3. The molecule has 3 saturated carbocycles. The number of rotatable bonds is 7. The summed E-state index contributed by atoms with van der Waals surface area (Å²) in [6.45, 7) is -0.514. The lowest BCUT2D eigenvalue weighted by atomic mass is 9.51. The first kappa shape index (κ1) is 19.2. The Balaban J connectivity index is 1.41. The Hall–Kier alpha value is -2.55. The van der Waals surface area contributed by atoms with Gasteiger partial charge in [0.1, 0.15) is 11.6 Å². The third kappa shape index (κ3) is 2.43. The van der Waals surface area contributed by atoms with Gasteiger partial charge in [-0.25, -0.2) is 17.6 Å². The summed E-state index contributed by atoms with van der Waals surface area (Å²) in [7, 11) is 0. The van der Waals surface area contributed by atoms with Crippen LogP contribution in [0.25, 0.3) is 11.3 Å². The molecule has 1 amide bonds. The van der Waals surface area contributed by atoms with Gasteiger partial charge in [0.2, 0.25) is 5.91 Å². The van der Waals surface area contributed by atoms with E-state index in [1.54, 1.807) is 6.07 Å². The number of halogens is 4. The molecular formula is C22H20F4N4O. The van der Waals surface area contributed by atoms with Crippen LogP contribution in [0.15, 0.2) is 24.3 Å². The maximum atomic E-state index is 14.3. The summed E-state index contributed by atoms with van der Waals surface area (Å²) in [6.07, 6.45) is -1.62. The van der Waals surface area contributed by atoms with Gasteiger partial charge in [0, 0.05) is 12.0 Å². The second-order valence-corrected chi connectivity index (χ2v) is 9.33. The molecule has 0 spiro atoms. The number of carbonyl (C=O) groups is 1. The molecular weight excluding hydrogens is 412 g/mol. The lowest BCUT2D eigenvalue weighted by molar-refractivity contribution is -0.119. The van der Waals surface area contributed by atoms with Gasteiger partial charge in [-0.05, 0) is 59.8 Å². The lowest BCUT2D eigenvalue weighted by Gasteiger charge is -2.53. The van der Waals surface area contributed by atoms with Crippen molar-refractivity contribution in [3.05, 3.63) is 47.2 Å². The Morgan fingerprint density at radius 1 is 1.23 bits per heavy atom. The van der Waals surface area contributed by atoms with Crippen molar-refractivity contribution in [3.8, 4) is 11.3 Å². The van der Waals surface area contributed by atoms with Crippen LogP contribution in [0.3, 0.4) is 0 Å². The molecule has 1 aromatic heterocycles. The minimum atomic E-state index is -2.59. The Morgan fingerprint density at radius 2 is 1.97 bits per heavy atom. The van der Waals surface area contributed by atoms with E-state index in [9.17, 15) is 22.4 Å². The Bertz CT molecular complexity index is 1080. The average Bonchev–Trinajstić information content (AvgIpc) is 3.27. The molecule has 1 aromatic carbocycles. The van der Waals surface area contributed by atoms with Crippen LogP contribution in [0.1, 0.15) is 23.6 Å². The number of aromatic nitrogens is 2.